The van der Waals surface area contributed by atoms with Gasteiger partial charge in [0.2, 0.25) is 0 Å². The molecule has 1 aliphatic rings. The van der Waals surface area contributed by atoms with Crippen molar-refractivity contribution >= 4 is 27.5 Å². The summed E-state index contributed by atoms with van der Waals surface area (Å²) in [7, 11) is 0. The van der Waals surface area contributed by atoms with Crippen LogP contribution in [-0.2, 0) is 0 Å². The van der Waals surface area contributed by atoms with Crippen molar-refractivity contribution in [1.29, 1.82) is 0 Å². The average Bonchev–Trinajstić information content (AvgIpc) is 3.04. The number of benzene rings is 1. The van der Waals surface area contributed by atoms with Crippen LogP contribution in [0.25, 0.3) is 0 Å². The van der Waals surface area contributed by atoms with Crippen molar-refractivity contribution in [2.24, 2.45) is 5.92 Å². The molecule has 0 aromatic heterocycles. The molecule has 0 unspecified atom stereocenters. The highest BCUT2D eigenvalue weighted by Gasteiger charge is 2.19. The third kappa shape index (κ3) is 3.96. The number of nitrogens with one attached hydrogen (secondary N) is 1. The quantitative estimate of drug-likeness (QED) is 0.813. The Labute approximate surface area is 109 Å². The van der Waals surface area contributed by atoms with Crippen molar-refractivity contribution < 1.29 is 4.74 Å². The molecule has 88 valence electrons. The van der Waals surface area contributed by atoms with Gasteiger partial charge in [0.25, 0.3) is 0 Å². The standard InChI is InChI=1S/C12H15BrClNO/c13-11-7-10(14)3-4-12(11)16-6-5-15-8-9-1-2-9/h3-4,7,9,15H,1-2,5-6,8H2. The molecule has 1 saturated carbocycles. The SMILES string of the molecule is Clc1ccc(OCCNCC2CC2)c(Br)c1. The molecule has 1 fully saturated rings. The Kier molecular flexibility index (Phi) is 4.50. The van der Waals surface area contributed by atoms with Crippen LogP contribution in [0.3, 0.4) is 0 Å². The summed E-state index contributed by atoms with van der Waals surface area (Å²) in [5, 5.41) is 4.10. The lowest BCUT2D eigenvalue weighted by molar-refractivity contribution is 0.311. The Bertz CT molecular complexity index is 355. The largest absolute Gasteiger partial charge is 0.491 e. The lowest BCUT2D eigenvalue weighted by atomic mass is 10.3. The van der Waals surface area contributed by atoms with Crippen LogP contribution >= 0.6 is 27.5 Å². The van der Waals surface area contributed by atoms with Gasteiger partial charge in [0.15, 0.2) is 0 Å². The van der Waals surface area contributed by atoms with E-state index in [-0.39, 0.29) is 0 Å². The smallest absolute Gasteiger partial charge is 0.133 e. The van der Waals surface area contributed by atoms with Crippen molar-refractivity contribution in [3.8, 4) is 5.75 Å². The van der Waals surface area contributed by atoms with Gasteiger partial charge >= 0.3 is 0 Å². The highest BCUT2D eigenvalue weighted by atomic mass is 79.9. The molecule has 1 aromatic rings. The predicted octanol–water partition coefficient (Wildman–Crippen LogP) is 3.48. The Hall–Kier alpha value is -0.250. The van der Waals surface area contributed by atoms with Gasteiger partial charge in [-0.3, -0.25) is 0 Å². The van der Waals surface area contributed by atoms with Crippen LogP contribution in [0.4, 0.5) is 0 Å². The molecular weight excluding hydrogens is 289 g/mol. The maximum absolute atomic E-state index is 5.84. The molecular formula is C12H15BrClNO. The van der Waals surface area contributed by atoms with Crippen LogP contribution in [0, 0.1) is 5.92 Å². The molecule has 0 atom stereocenters. The zero-order valence-electron chi connectivity index (χ0n) is 9.01. The van der Waals surface area contributed by atoms with Crippen LogP contribution in [0.5, 0.6) is 5.75 Å². The van der Waals surface area contributed by atoms with Gasteiger partial charge in [0, 0.05) is 11.6 Å². The van der Waals surface area contributed by atoms with Gasteiger partial charge in [-0.15, -0.1) is 0 Å². The molecule has 16 heavy (non-hydrogen) atoms. The maximum Gasteiger partial charge on any atom is 0.133 e. The van der Waals surface area contributed by atoms with Crippen LogP contribution in [0.1, 0.15) is 12.8 Å². The molecule has 0 aliphatic heterocycles. The highest BCUT2D eigenvalue weighted by Crippen LogP contribution is 2.28. The van der Waals surface area contributed by atoms with Gasteiger partial charge < -0.3 is 10.1 Å². The van der Waals surface area contributed by atoms with E-state index in [2.05, 4.69) is 21.2 Å². The van der Waals surface area contributed by atoms with Gasteiger partial charge in [0.05, 0.1) is 4.47 Å². The van der Waals surface area contributed by atoms with Gasteiger partial charge in [0.1, 0.15) is 12.4 Å². The second-order valence-electron chi connectivity index (χ2n) is 4.07. The van der Waals surface area contributed by atoms with E-state index in [0.29, 0.717) is 11.6 Å². The first-order chi connectivity index (χ1) is 7.75. The van der Waals surface area contributed by atoms with Crippen molar-refractivity contribution in [3.05, 3.63) is 27.7 Å². The summed E-state index contributed by atoms with van der Waals surface area (Å²) in [4.78, 5) is 0. The van der Waals surface area contributed by atoms with E-state index >= 15 is 0 Å². The third-order valence-electron chi connectivity index (χ3n) is 2.56. The monoisotopic (exact) mass is 303 g/mol. The summed E-state index contributed by atoms with van der Waals surface area (Å²) in [6, 6.07) is 5.56. The summed E-state index contributed by atoms with van der Waals surface area (Å²) in [5.41, 5.74) is 0. The molecule has 1 N–H and O–H groups in total. The number of hydrogen-bond acceptors (Lipinski definition) is 2. The Morgan fingerprint density at radius 3 is 2.94 bits per heavy atom. The molecule has 0 radical (unpaired) electrons. The lowest BCUT2D eigenvalue weighted by Gasteiger charge is -2.09. The number of hydrogen-bond donors (Lipinski definition) is 1. The van der Waals surface area contributed by atoms with Crippen molar-refractivity contribution in [2.75, 3.05) is 19.7 Å². The van der Waals surface area contributed by atoms with Gasteiger partial charge in [-0.25, -0.2) is 0 Å². The summed E-state index contributed by atoms with van der Waals surface area (Å²) in [5.74, 6) is 1.76. The minimum Gasteiger partial charge on any atom is -0.491 e. The minimum atomic E-state index is 0.687. The van der Waals surface area contributed by atoms with Gasteiger partial charge in [-0.1, -0.05) is 11.6 Å². The third-order valence-corrected chi connectivity index (χ3v) is 3.42. The molecule has 4 heteroatoms. The summed E-state index contributed by atoms with van der Waals surface area (Å²) in [6.45, 7) is 2.71. The summed E-state index contributed by atoms with van der Waals surface area (Å²) < 4.78 is 6.53. The molecule has 0 heterocycles. The average molecular weight is 305 g/mol. The van der Waals surface area contributed by atoms with Crippen molar-refractivity contribution in [1.82, 2.24) is 5.32 Å². The van der Waals surface area contributed by atoms with Gasteiger partial charge in [-0.05, 0) is 59.4 Å². The fourth-order valence-corrected chi connectivity index (χ4v) is 2.25. The Morgan fingerprint density at radius 2 is 2.25 bits per heavy atom. The molecule has 2 nitrogen and oxygen atoms in total. The molecule has 0 saturated heterocycles. The van der Waals surface area contributed by atoms with E-state index in [0.717, 1.165) is 29.2 Å². The number of halogens is 2. The first-order valence-corrected chi connectivity index (χ1v) is 6.71. The zero-order valence-corrected chi connectivity index (χ0v) is 11.4. The summed E-state index contributed by atoms with van der Waals surface area (Å²) >= 11 is 9.26. The molecule has 0 spiro atoms. The van der Waals surface area contributed by atoms with Crippen molar-refractivity contribution in [3.63, 3.8) is 0 Å². The second-order valence-corrected chi connectivity index (χ2v) is 5.36. The van der Waals surface area contributed by atoms with Crippen LogP contribution in [0.15, 0.2) is 22.7 Å². The van der Waals surface area contributed by atoms with E-state index in [4.69, 9.17) is 16.3 Å². The maximum atomic E-state index is 5.84. The first-order valence-electron chi connectivity index (χ1n) is 5.54. The van der Waals surface area contributed by atoms with Crippen molar-refractivity contribution in [2.45, 2.75) is 12.8 Å². The lowest BCUT2D eigenvalue weighted by Crippen LogP contribution is -2.23. The van der Waals surface area contributed by atoms with Crippen LogP contribution in [-0.4, -0.2) is 19.7 Å². The zero-order chi connectivity index (χ0) is 11.4. The normalized spacial score (nSPS) is 15.1. The number of ether oxygens (including phenoxy) is 1. The molecule has 1 aromatic carbocycles. The van der Waals surface area contributed by atoms with Gasteiger partial charge in [-0.2, -0.15) is 0 Å². The van der Waals surface area contributed by atoms with E-state index < -0.39 is 0 Å². The topological polar surface area (TPSA) is 21.3 Å². The van der Waals surface area contributed by atoms with E-state index in [1.807, 2.05) is 18.2 Å². The number of rotatable bonds is 6. The van der Waals surface area contributed by atoms with E-state index in [9.17, 15) is 0 Å². The fraction of sp³-hybridized carbons (Fsp3) is 0.500. The Balaban J connectivity index is 1.67. The molecule has 1 aliphatic carbocycles. The molecule has 2 rings (SSSR count). The fourth-order valence-electron chi connectivity index (χ4n) is 1.45. The Morgan fingerprint density at radius 1 is 1.44 bits per heavy atom. The van der Waals surface area contributed by atoms with Crippen LogP contribution in [0.2, 0.25) is 5.02 Å². The predicted molar refractivity (Wildman–Crippen MR) is 70.2 cm³/mol. The second kappa shape index (κ2) is 5.89. The van der Waals surface area contributed by atoms with Crippen LogP contribution < -0.4 is 10.1 Å². The minimum absolute atomic E-state index is 0.687. The first kappa shape index (κ1) is 12.2. The highest BCUT2D eigenvalue weighted by molar-refractivity contribution is 9.10. The molecule has 0 amide bonds. The van der Waals surface area contributed by atoms with E-state index in [1.165, 1.54) is 12.8 Å². The van der Waals surface area contributed by atoms with E-state index in [1.54, 1.807) is 0 Å². The summed E-state index contributed by atoms with van der Waals surface area (Å²) in [6.07, 6.45) is 2.77. The molecule has 0 bridgehead atoms.